The van der Waals surface area contributed by atoms with E-state index < -0.39 is 0 Å². The summed E-state index contributed by atoms with van der Waals surface area (Å²) in [6.07, 6.45) is 7.55. The number of esters is 1. The molecule has 0 amide bonds. The molecule has 2 heterocycles. The Morgan fingerprint density at radius 3 is 2.64 bits per heavy atom. The molecule has 3 aromatic rings. The minimum absolute atomic E-state index is 0.356. The molecule has 0 aliphatic heterocycles. The van der Waals surface area contributed by atoms with Crippen LogP contribution in [0.3, 0.4) is 0 Å². The number of hydrogen-bond donors (Lipinski definition) is 0. The van der Waals surface area contributed by atoms with E-state index in [9.17, 15) is 4.79 Å². The molecule has 6 heteroatoms. The van der Waals surface area contributed by atoms with Crippen molar-refractivity contribution < 1.29 is 9.53 Å². The monoisotopic (exact) mass is 313 g/mol. The summed E-state index contributed by atoms with van der Waals surface area (Å²) in [5, 5.41) is 1.06. The third-order valence-electron chi connectivity index (χ3n) is 3.39. The Morgan fingerprint density at radius 2 is 2.00 bits per heavy atom. The van der Waals surface area contributed by atoms with Gasteiger partial charge in [0, 0.05) is 28.9 Å². The quantitative estimate of drug-likeness (QED) is 0.549. The molecule has 0 bridgehead atoms. The molecule has 0 atom stereocenters. The summed E-state index contributed by atoms with van der Waals surface area (Å²) in [4.78, 5) is 21.6. The second-order valence-electron chi connectivity index (χ2n) is 4.85. The fraction of sp³-hybridized carbons (Fsp3) is 0.188. The number of rotatable bonds is 3. The van der Waals surface area contributed by atoms with Crippen molar-refractivity contribution in [3.05, 3.63) is 47.9 Å². The van der Waals surface area contributed by atoms with Crippen LogP contribution in [0.4, 0.5) is 0 Å². The van der Waals surface area contributed by atoms with Crippen molar-refractivity contribution in [2.24, 2.45) is 0 Å². The van der Waals surface area contributed by atoms with Crippen molar-refractivity contribution in [1.82, 2.24) is 14.5 Å². The first-order chi connectivity index (χ1) is 10.6. The Labute approximate surface area is 132 Å². The molecule has 3 rings (SSSR count). The van der Waals surface area contributed by atoms with Gasteiger partial charge in [-0.1, -0.05) is 6.07 Å². The van der Waals surface area contributed by atoms with E-state index in [0.29, 0.717) is 11.5 Å². The Hall–Kier alpha value is -2.34. The molecule has 0 saturated heterocycles. The number of methoxy groups -OCH3 is 1. The number of nitrogens with zero attached hydrogens (tertiary/aromatic N) is 3. The van der Waals surface area contributed by atoms with Crippen LogP contribution in [0.2, 0.25) is 0 Å². The fourth-order valence-electron chi connectivity index (χ4n) is 2.28. The second-order valence-corrected chi connectivity index (χ2v) is 5.70. The van der Waals surface area contributed by atoms with E-state index in [0.717, 1.165) is 21.4 Å². The van der Waals surface area contributed by atoms with Gasteiger partial charge in [-0.05, 0) is 30.9 Å². The van der Waals surface area contributed by atoms with E-state index in [2.05, 4.69) is 9.97 Å². The number of aryl methyl sites for hydroxylation is 1. The van der Waals surface area contributed by atoms with Crippen molar-refractivity contribution in [2.75, 3.05) is 13.4 Å². The van der Waals surface area contributed by atoms with Gasteiger partial charge in [0.1, 0.15) is 0 Å². The van der Waals surface area contributed by atoms with E-state index >= 15 is 0 Å². The van der Waals surface area contributed by atoms with E-state index in [1.807, 2.05) is 36.1 Å². The molecule has 0 fully saturated rings. The zero-order valence-corrected chi connectivity index (χ0v) is 13.3. The maximum Gasteiger partial charge on any atom is 0.337 e. The predicted molar refractivity (Wildman–Crippen MR) is 86.7 cm³/mol. The number of ether oxygens (including phenoxy) is 1. The topological polar surface area (TPSA) is 57.0 Å². The summed E-state index contributed by atoms with van der Waals surface area (Å²) in [5.41, 5.74) is 2.39. The Kier molecular flexibility index (Phi) is 3.85. The maximum atomic E-state index is 11.8. The normalized spacial score (nSPS) is 10.9. The van der Waals surface area contributed by atoms with E-state index in [1.54, 1.807) is 30.2 Å². The van der Waals surface area contributed by atoms with Crippen LogP contribution in [0.5, 0.6) is 0 Å². The summed E-state index contributed by atoms with van der Waals surface area (Å²) < 4.78 is 6.69. The lowest BCUT2D eigenvalue weighted by atomic mass is 10.1. The molecule has 0 unspecified atom stereocenters. The van der Waals surface area contributed by atoms with Gasteiger partial charge >= 0.3 is 5.97 Å². The summed E-state index contributed by atoms with van der Waals surface area (Å²) in [6.45, 7) is 1.94. The largest absolute Gasteiger partial charge is 0.465 e. The molecule has 0 saturated carbocycles. The second kappa shape index (κ2) is 5.81. The van der Waals surface area contributed by atoms with Gasteiger partial charge in [-0.15, -0.1) is 11.8 Å². The van der Waals surface area contributed by atoms with Gasteiger partial charge in [-0.3, -0.25) is 4.57 Å². The van der Waals surface area contributed by atoms with Crippen molar-refractivity contribution in [1.29, 1.82) is 0 Å². The summed E-state index contributed by atoms with van der Waals surface area (Å²) in [5.74, 6) is 0.225. The van der Waals surface area contributed by atoms with Crippen molar-refractivity contribution >= 4 is 28.6 Å². The first-order valence-corrected chi connectivity index (χ1v) is 7.93. The number of hydrogen-bond acceptors (Lipinski definition) is 5. The van der Waals surface area contributed by atoms with Crippen LogP contribution < -0.4 is 0 Å². The lowest BCUT2D eigenvalue weighted by molar-refractivity contribution is 0.0601. The predicted octanol–water partition coefficient (Wildman–Crippen LogP) is 3.24. The Balaban J connectivity index is 2.24. The van der Waals surface area contributed by atoms with Crippen LogP contribution >= 0.6 is 11.8 Å². The van der Waals surface area contributed by atoms with E-state index in [-0.39, 0.29) is 5.97 Å². The highest BCUT2D eigenvalue weighted by atomic mass is 32.2. The van der Waals surface area contributed by atoms with Crippen LogP contribution in [0.15, 0.2) is 41.7 Å². The van der Waals surface area contributed by atoms with Crippen LogP contribution in [0.1, 0.15) is 15.9 Å². The van der Waals surface area contributed by atoms with Crippen LogP contribution in [0.25, 0.3) is 16.9 Å². The van der Waals surface area contributed by atoms with Gasteiger partial charge < -0.3 is 4.74 Å². The summed E-state index contributed by atoms with van der Waals surface area (Å²) in [6, 6.07) is 5.51. The first-order valence-electron chi connectivity index (χ1n) is 6.70. The molecule has 5 nitrogen and oxygen atoms in total. The molecular weight excluding hydrogens is 298 g/mol. The van der Waals surface area contributed by atoms with Crippen molar-refractivity contribution in [3.8, 4) is 5.95 Å². The SMILES string of the molecule is COC(=O)c1ccc2c(SC)cn(-c3ncc(C)cn3)c2c1. The number of benzene rings is 1. The number of carbonyl (C=O) groups is 1. The highest BCUT2D eigenvalue weighted by Gasteiger charge is 2.14. The third kappa shape index (κ3) is 2.46. The van der Waals surface area contributed by atoms with E-state index in [1.165, 1.54) is 7.11 Å². The average molecular weight is 313 g/mol. The first kappa shape index (κ1) is 14.6. The van der Waals surface area contributed by atoms with Gasteiger partial charge in [0.05, 0.1) is 18.2 Å². The fourth-order valence-corrected chi connectivity index (χ4v) is 2.88. The minimum Gasteiger partial charge on any atom is -0.465 e. The zero-order valence-electron chi connectivity index (χ0n) is 12.5. The van der Waals surface area contributed by atoms with Gasteiger partial charge in [0.25, 0.3) is 0 Å². The summed E-state index contributed by atoms with van der Waals surface area (Å²) >= 11 is 1.64. The molecule has 1 aromatic carbocycles. The van der Waals surface area contributed by atoms with Gasteiger partial charge in [-0.25, -0.2) is 14.8 Å². The molecular formula is C16H15N3O2S. The smallest absolute Gasteiger partial charge is 0.337 e. The molecule has 0 radical (unpaired) electrons. The Bertz CT molecular complexity index is 840. The minimum atomic E-state index is -0.356. The maximum absolute atomic E-state index is 11.8. The van der Waals surface area contributed by atoms with E-state index in [4.69, 9.17) is 4.74 Å². The molecule has 2 aromatic heterocycles. The number of carbonyl (C=O) groups excluding carboxylic acids is 1. The highest BCUT2D eigenvalue weighted by molar-refractivity contribution is 7.98. The number of thioether (sulfide) groups is 1. The van der Waals surface area contributed by atoms with Crippen molar-refractivity contribution in [3.63, 3.8) is 0 Å². The van der Waals surface area contributed by atoms with Gasteiger partial charge in [0.15, 0.2) is 0 Å². The molecule has 0 N–H and O–H groups in total. The standard InChI is InChI=1S/C16H15N3O2S/c1-10-7-17-16(18-8-10)19-9-14(22-3)12-5-4-11(6-13(12)19)15(20)21-2/h4-9H,1-3H3. The highest BCUT2D eigenvalue weighted by Crippen LogP contribution is 2.30. The molecule has 0 spiro atoms. The molecule has 22 heavy (non-hydrogen) atoms. The van der Waals surface area contributed by atoms with Crippen LogP contribution in [-0.2, 0) is 4.74 Å². The van der Waals surface area contributed by atoms with Crippen LogP contribution in [0, 0.1) is 6.92 Å². The Morgan fingerprint density at radius 1 is 1.27 bits per heavy atom. The summed E-state index contributed by atoms with van der Waals surface area (Å²) in [7, 11) is 1.38. The van der Waals surface area contributed by atoms with Gasteiger partial charge in [-0.2, -0.15) is 0 Å². The third-order valence-corrected chi connectivity index (χ3v) is 4.16. The van der Waals surface area contributed by atoms with Gasteiger partial charge in [0.2, 0.25) is 5.95 Å². The lowest BCUT2D eigenvalue weighted by Crippen LogP contribution is -2.03. The number of fused-ring (bicyclic) bond motifs is 1. The zero-order chi connectivity index (χ0) is 15.7. The molecule has 0 aliphatic rings. The number of aromatic nitrogens is 3. The lowest BCUT2D eigenvalue weighted by Gasteiger charge is -2.05. The molecule has 0 aliphatic carbocycles. The average Bonchev–Trinajstić information content (AvgIpc) is 2.92. The molecule has 112 valence electrons. The van der Waals surface area contributed by atoms with Crippen LogP contribution in [-0.4, -0.2) is 33.9 Å². The van der Waals surface area contributed by atoms with Crippen molar-refractivity contribution in [2.45, 2.75) is 11.8 Å².